The highest BCUT2D eigenvalue weighted by molar-refractivity contribution is 7.99. The topological polar surface area (TPSA) is 43.6 Å². The first-order valence-electron chi connectivity index (χ1n) is 4.88. The predicted octanol–water partition coefficient (Wildman–Crippen LogP) is 2.13. The third kappa shape index (κ3) is 1.92. The van der Waals surface area contributed by atoms with E-state index in [9.17, 15) is 4.39 Å². The maximum absolute atomic E-state index is 13.8. The van der Waals surface area contributed by atoms with Gasteiger partial charge in [0.25, 0.3) is 0 Å². The number of thioether (sulfide) groups is 1. The van der Waals surface area contributed by atoms with Crippen LogP contribution in [-0.4, -0.2) is 26.0 Å². The molecule has 0 N–H and O–H groups in total. The van der Waals surface area contributed by atoms with Crippen LogP contribution in [0.3, 0.4) is 0 Å². The van der Waals surface area contributed by atoms with Gasteiger partial charge >= 0.3 is 0 Å². The SMILES string of the molecule is CCSc1cccc(F)c1-c1nnnn1C. The lowest BCUT2D eigenvalue weighted by molar-refractivity contribution is 0.623. The van der Waals surface area contributed by atoms with Gasteiger partial charge in [-0.3, -0.25) is 0 Å². The molecule has 0 saturated carbocycles. The quantitative estimate of drug-likeness (QED) is 0.768. The number of aryl methyl sites for hydroxylation is 1. The molecule has 1 aromatic carbocycles. The summed E-state index contributed by atoms with van der Waals surface area (Å²) < 4.78 is 15.3. The zero-order valence-electron chi connectivity index (χ0n) is 9.01. The highest BCUT2D eigenvalue weighted by Crippen LogP contribution is 2.31. The van der Waals surface area contributed by atoms with Crippen LogP contribution in [0.1, 0.15) is 6.92 Å². The molecule has 0 aliphatic carbocycles. The van der Waals surface area contributed by atoms with Crippen molar-refractivity contribution in [3.05, 3.63) is 24.0 Å². The Morgan fingerprint density at radius 3 is 2.88 bits per heavy atom. The van der Waals surface area contributed by atoms with Crippen molar-refractivity contribution in [3.63, 3.8) is 0 Å². The largest absolute Gasteiger partial charge is 0.228 e. The van der Waals surface area contributed by atoms with Crippen LogP contribution in [0.25, 0.3) is 11.4 Å². The minimum atomic E-state index is -0.295. The van der Waals surface area contributed by atoms with Crippen LogP contribution in [0.15, 0.2) is 23.1 Å². The van der Waals surface area contributed by atoms with Crippen molar-refractivity contribution >= 4 is 11.8 Å². The van der Waals surface area contributed by atoms with E-state index < -0.39 is 0 Å². The fourth-order valence-corrected chi connectivity index (χ4v) is 2.26. The van der Waals surface area contributed by atoms with Gasteiger partial charge in [0.05, 0.1) is 5.56 Å². The molecular weight excluding hydrogens is 227 g/mol. The van der Waals surface area contributed by atoms with Crippen molar-refractivity contribution in [3.8, 4) is 11.4 Å². The first-order chi connectivity index (χ1) is 7.74. The number of aromatic nitrogens is 4. The van der Waals surface area contributed by atoms with Gasteiger partial charge in [-0.2, -0.15) is 0 Å². The smallest absolute Gasteiger partial charge is 0.185 e. The van der Waals surface area contributed by atoms with Gasteiger partial charge < -0.3 is 0 Å². The Kier molecular flexibility index (Phi) is 3.19. The molecule has 0 spiro atoms. The summed E-state index contributed by atoms with van der Waals surface area (Å²) in [7, 11) is 1.70. The molecule has 0 amide bonds. The Morgan fingerprint density at radius 2 is 2.25 bits per heavy atom. The monoisotopic (exact) mass is 238 g/mol. The molecule has 0 radical (unpaired) electrons. The molecule has 6 heteroatoms. The second kappa shape index (κ2) is 4.61. The number of hydrogen-bond donors (Lipinski definition) is 0. The molecule has 0 saturated heterocycles. The summed E-state index contributed by atoms with van der Waals surface area (Å²) in [6, 6.07) is 4.99. The van der Waals surface area contributed by atoms with E-state index in [1.807, 2.05) is 13.0 Å². The highest BCUT2D eigenvalue weighted by Gasteiger charge is 2.15. The average Bonchev–Trinajstić information content (AvgIpc) is 2.65. The second-order valence-electron chi connectivity index (χ2n) is 3.17. The van der Waals surface area contributed by atoms with Crippen LogP contribution in [0.4, 0.5) is 4.39 Å². The fourth-order valence-electron chi connectivity index (χ4n) is 1.44. The second-order valence-corrected chi connectivity index (χ2v) is 4.48. The van der Waals surface area contributed by atoms with Crippen LogP contribution >= 0.6 is 11.8 Å². The molecule has 84 valence electrons. The van der Waals surface area contributed by atoms with Crippen molar-refractivity contribution in [2.45, 2.75) is 11.8 Å². The molecule has 0 aliphatic heterocycles. The Labute approximate surface area is 96.9 Å². The minimum absolute atomic E-state index is 0.295. The van der Waals surface area contributed by atoms with E-state index in [0.29, 0.717) is 11.4 Å². The zero-order chi connectivity index (χ0) is 11.5. The van der Waals surface area contributed by atoms with E-state index >= 15 is 0 Å². The van der Waals surface area contributed by atoms with Crippen LogP contribution in [0.2, 0.25) is 0 Å². The normalized spacial score (nSPS) is 10.7. The molecule has 0 unspecified atom stereocenters. The standard InChI is InChI=1S/C10H11FN4S/c1-3-16-8-6-4-5-7(11)9(8)10-12-13-14-15(10)2/h4-6H,3H2,1-2H3. The van der Waals surface area contributed by atoms with Crippen molar-refractivity contribution in [2.75, 3.05) is 5.75 Å². The summed E-state index contributed by atoms with van der Waals surface area (Å²) in [4.78, 5) is 0.861. The molecule has 4 nitrogen and oxygen atoms in total. The lowest BCUT2D eigenvalue weighted by Crippen LogP contribution is -1.98. The lowest BCUT2D eigenvalue weighted by atomic mass is 10.2. The molecule has 0 atom stereocenters. The minimum Gasteiger partial charge on any atom is -0.228 e. The van der Waals surface area contributed by atoms with E-state index in [0.717, 1.165) is 10.6 Å². The van der Waals surface area contributed by atoms with Gasteiger partial charge in [-0.15, -0.1) is 16.9 Å². The van der Waals surface area contributed by atoms with E-state index in [1.165, 1.54) is 10.7 Å². The molecule has 1 aromatic heterocycles. The Balaban J connectivity index is 2.58. The summed E-state index contributed by atoms with van der Waals surface area (Å²) in [6.45, 7) is 2.02. The molecule has 0 aliphatic rings. The van der Waals surface area contributed by atoms with Crippen molar-refractivity contribution in [1.29, 1.82) is 0 Å². The number of halogens is 1. The van der Waals surface area contributed by atoms with E-state index in [-0.39, 0.29) is 5.82 Å². The number of nitrogens with zero attached hydrogens (tertiary/aromatic N) is 4. The zero-order valence-corrected chi connectivity index (χ0v) is 9.83. The van der Waals surface area contributed by atoms with Crippen LogP contribution in [0.5, 0.6) is 0 Å². The van der Waals surface area contributed by atoms with Gasteiger partial charge in [0.2, 0.25) is 0 Å². The van der Waals surface area contributed by atoms with E-state index in [2.05, 4.69) is 15.5 Å². The maximum Gasteiger partial charge on any atom is 0.185 e. The maximum atomic E-state index is 13.8. The predicted molar refractivity (Wildman–Crippen MR) is 60.6 cm³/mol. The highest BCUT2D eigenvalue weighted by atomic mass is 32.2. The van der Waals surface area contributed by atoms with Gasteiger partial charge in [0.1, 0.15) is 5.82 Å². The number of tetrazole rings is 1. The number of hydrogen-bond acceptors (Lipinski definition) is 4. The Bertz CT molecular complexity index is 497. The van der Waals surface area contributed by atoms with Crippen molar-refractivity contribution < 1.29 is 4.39 Å². The van der Waals surface area contributed by atoms with Gasteiger partial charge in [-0.1, -0.05) is 13.0 Å². The summed E-state index contributed by atoms with van der Waals surface area (Å²) in [5, 5.41) is 11.1. The van der Waals surface area contributed by atoms with Crippen LogP contribution < -0.4 is 0 Å². The Morgan fingerprint density at radius 1 is 1.44 bits per heavy atom. The fraction of sp³-hybridized carbons (Fsp3) is 0.300. The van der Waals surface area contributed by atoms with E-state index in [1.54, 1.807) is 24.9 Å². The summed E-state index contributed by atoms with van der Waals surface area (Å²) in [5.74, 6) is 1.03. The Hall–Kier alpha value is -1.43. The van der Waals surface area contributed by atoms with Gasteiger partial charge in [-0.25, -0.2) is 9.07 Å². The summed E-state index contributed by atoms with van der Waals surface area (Å²) in [5.41, 5.74) is 0.474. The third-order valence-corrected chi connectivity index (χ3v) is 3.06. The molecule has 1 heterocycles. The molecule has 0 bridgehead atoms. The molecule has 0 fully saturated rings. The lowest BCUT2D eigenvalue weighted by Gasteiger charge is -2.07. The van der Waals surface area contributed by atoms with Crippen molar-refractivity contribution in [2.24, 2.45) is 7.05 Å². The van der Waals surface area contributed by atoms with Gasteiger partial charge in [0.15, 0.2) is 5.82 Å². The van der Waals surface area contributed by atoms with Gasteiger partial charge in [-0.05, 0) is 28.3 Å². The van der Waals surface area contributed by atoms with Crippen LogP contribution in [0, 0.1) is 5.82 Å². The van der Waals surface area contributed by atoms with Gasteiger partial charge in [0, 0.05) is 11.9 Å². The third-order valence-electron chi connectivity index (χ3n) is 2.12. The number of rotatable bonds is 3. The summed E-state index contributed by atoms with van der Waals surface area (Å²) >= 11 is 1.57. The van der Waals surface area contributed by atoms with Crippen molar-refractivity contribution in [1.82, 2.24) is 20.2 Å². The summed E-state index contributed by atoms with van der Waals surface area (Å²) in [6.07, 6.45) is 0. The molecular formula is C10H11FN4S. The number of benzene rings is 1. The van der Waals surface area contributed by atoms with E-state index in [4.69, 9.17) is 0 Å². The molecule has 16 heavy (non-hydrogen) atoms. The average molecular weight is 238 g/mol. The first-order valence-corrected chi connectivity index (χ1v) is 5.86. The molecule has 2 aromatic rings. The first kappa shape index (κ1) is 11.1. The van der Waals surface area contributed by atoms with Crippen LogP contribution in [-0.2, 0) is 7.05 Å². The molecule has 2 rings (SSSR count).